The van der Waals surface area contributed by atoms with Crippen LogP contribution >= 0.6 is 0 Å². The van der Waals surface area contributed by atoms with E-state index in [1.807, 2.05) is 0 Å². The molecule has 1 unspecified atom stereocenters. The Balaban J connectivity index is 2.09. The molecule has 0 aromatic heterocycles. The summed E-state index contributed by atoms with van der Waals surface area (Å²) < 4.78 is 16.0. The number of aliphatic hydroxyl groups is 1. The monoisotopic (exact) mass is 338 g/mol. The van der Waals surface area contributed by atoms with E-state index in [4.69, 9.17) is 20.6 Å². The topological polar surface area (TPSA) is 47.9 Å². The molecule has 1 atom stereocenters. The molecule has 1 N–H and O–H groups in total. The molecule has 2 aromatic rings. The number of benzene rings is 2. The maximum Gasteiger partial charge on any atom is 0.176 e. The van der Waals surface area contributed by atoms with Crippen molar-refractivity contribution in [2.45, 2.75) is 5.60 Å². The summed E-state index contributed by atoms with van der Waals surface area (Å²) in [6.45, 7) is 4.99. The Morgan fingerprint density at radius 1 is 1.04 bits per heavy atom. The molecule has 0 saturated heterocycles. The molecule has 0 aliphatic heterocycles. The molecule has 2 rings (SSSR count). The van der Waals surface area contributed by atoms with Crippen LogP contribution in [0.25, 0.3) is 0 Å². The van der Waals surface area contributed by atoms with Gasteiger partial charge in [0, 0.05) is 11.1 Å². The third-order valence-corrected chi connectivity index (χ3v) is 3.72. The molecule has 2 aromatic carbocycles. The van der Waals surface area contributed by atoms with E-state index in [2.05, 4.69) is 12.5 Å². The Hall–Kier alpha value is -2.74. The Bertz CT molecular complexity index is 713. The summed E-state index contributed by atoms with van der Waals surface area (Å²) in [5, 5.41) is 10.9. The SMILES string of the molecule is C#CC(O)(c1ccc(OC)cc1)c1ccc(OCCOCC=C)cc1. The lowest BCUT2D eigenvalue weighted by atomic mass is 9.87. The Morgan fingerprint density at radius 3 is 2.08 bits per heavy atom. The Morgan fingerprint density at radius 2 is 1.60 bits per heavy atom. The predicted octanol–water partition coefficient (Wildman–Crippen LogP) is 3.15. The first kappa shape index (κ1) is 18.6. The highest BCUT2D eigenvalue weighted by Crippen LogP contribution is 2.31. The number of methoxy groups -OCH3 is 1. The van der Waals surface area contributed by atoms with Gasteiger partial charge in [0.15, 0.2) is 5.60 Å². The third kappa shape index (κ3) is 4.63. The van der Waals surface area contributed by atoms with Crippen LogP contribution in [-0.2, 0) is 10.3 Å². The van der Waals surface area contributed by atoms with Crippen LogP contribution in [0.2, 0.25) is 0 Å². The lowest BCUT2D eigenvalue weighted by Gasteiger charge is -2.23. The zero-order valence-corrected chi connectivity index (χ0v) is 14.3. The van der Waals surface area contributed by atoms with Crippen LogP contribution in [0.1, 0.15) is 11.1 Å². The summed E-state index contributed by atoms with van der Waals surface area (Å²) in [5.74, 6) is 3.86. The second-order valence-corrected chi connectivity index (χ2v) is 5.32. The molecular weight excluding hydrogens is 316 g/mol. The van der Waals surface area contributed by atoms with E-state index in [1.54, 1.807) is 61.7 Å². The van der Waals surface area contributed by atoms with Crippen molar-refractivity contribution < 1.29 is 19.3 Å². The van der Waals surface area contributed by atoms with Crippen LogP contribution < -0.4 is 9.47 Å². The summed E-state index contributed by atoms with van der Waals surface area (Å²) in [7, 11) is 1.59. The zero-order valence-electron chi connectivity index (χ0n) is 14.3. The minimum atomic E-state index is -1.52. The molecule has 0 fully saturated rings. The fraction of sp³-hybridized carbons (Fsp3) is 0.238. The molecule has 0 amide bonds. The predicted molar refractivity (Wildman–Crippen MR) is 97.8 cm³/mol. The van der Waals surface area contributed by atoms with Crippen molar-refractivity contribution in [1.82, 2.24) is 0 Å². The van der Waals surface area contributed by atoms with Gasteiger partial charge in [-0.05, 0) is 24.3 Å². The van der Waals surface area contributed by atoms with E-state index in [-0.39, 0.29) is 0 Å². The van der Waals surface area contributed by atoms with E-state index in [0.717, 1.165) is 0 Å². The molecule has 4 nitrogen and oxygen atoms in total. The summed E-state index contributed by atoms with van der Waals surface area (Å²) in [5.41, 5.74) is -0.324. The van der Waals surface area contributed by atoms with Gasteiger partial charge in [0.25, 0.3) is 0 Å². The molecule has 25 heavy (non-hydrogen) atoms. The summed E-state index contributed by atoms with van der Waals surface area (Å²) in [4.78, 5) is 0. The first-order chi connectivity index (χ1) is 12.1. The lowest BCUT2D eigenvalue weighted by Crippen LogP contribution is -2.24. The smallest absolute Gasteiger partial charge is 0.176 e. The highest BCUT2D eigenvalue weighted by molar-refractivity contribution is 5.46. The summed E-state index contributed by atoms with van der Waals surface area (Å²) in [6.07, 6.45) is 7.31. The van der Waals surface area contributed by atoms with Gasteiger partial charge in [0.2, 0.25) is 0 Å². The van der Waals surface area contributed by atoms with Crippen LogP contribution in [0.3, 0.4) is 0 Å². The highest BCUT2D eigenvalue weighted by atomic mass is 16.5. The fourth-order valence-corrected chi connectivity index (χ4v) is 2.34. The third-order valence-electron chi connectivity index (χ3n) is 3.72. The molecule has 4 heteroatoms. The van der Waals surface area contributed by atoms with Crippen molar-refractivity contribution in [3.63, 3.8) is 0 Å². The zero-order chi connectivity index (χ0) is 18.1. The molecule has 0 radical (unpaired) electrons. The van der Waals surface area contributed by atoms with Gasteiger partial charge in [-0.1, -0.05) is 36.3 Å². The van der Waals surface area contributed by atoms with Crippen LogP contribution in [0.5, 0.6) is 11.5 Å². The van der Waals surface area contributed by atoms with Gasteiger partial charge >= 0.3 is 0 Å². The minimum Gasteiger partial charge on any atom is -0.497 e. The average molecular weight is 338 g/mol. The standard InChI is InChI=1S/C21H22O4/c1-4-14-24-15-16-25-20-12-8-18(9-13-20)21(22,5-2)17-6-10-19(23-3)11-7-17/h2,4,6-13,22H,1,14-16H2,3H3. The van der Waals surface area contributed by atoms with E-state index >= 15 is 0 Å². The molecule has 0 aliphatic carbocycles. The fourth-order valence-electron chi connectivity index (χ4n) is 2.34. The quantitative estimate of drug-likeness (QED) is 0.433. The van der Waals surface area contributed by atoms with E-state index < -0.39 is 5.60 Å². The number of hydrogen-bond acceptors (Lipinski definition) is 4. The van der Waals surface area contributed by atoms with E-state index in [9.17, 15) is 5.11 Å². The van der Waals surface area contributed by atoms with Gasteiger partial charge in [-0.3, -0.25) is 0 Å². The lowest BCUT2D eigenvalue weighted by molar-refractivity contribution is 0.121. The Labute approximate surface area is 148 Å². The van der Waals surface area contributed by atoms with Gasteiger partial charge in [-0.25, -0.2) is 0 Å². The first-order valence-electron chi connectivity index (χ1n) is 7.90. The molecule has 0 heterocycles. The number of ether oxygens (including phenoxy) is 3. The summed E-state index contributed by atoms with van der Waals surface area (Å²) >= 11 is 0. The van der Waals surface area contributed by atoms with Crippen molar-refractivity contribution in [3.05, 3.63) is 72.3 Å². The first-order valence-corrected chi connectivity index (χ1v) is 7.90. The summed E-state index contributed by atoms with van der Waals surface area (Å²) in [6, 6.07) is 14.1. The molecule has 0 aliphatic rings. The van der Waals surface area contributed by atoms with Gasteiger partial charge in [-0.15, -0.1) is 13.0 Å². The Kier molecular flexibility index (Phi) is 6.64. The van der Waals surface area contributed by atoms with Crippen molar-refractivity contribution >= 4 is 0 Å². The van der Waals surface area contributed by atoms with E-state index in [0.29, 0.717) is 42.4 Å². The molecular formula is C21H22O4. The van der Waals surface area contributed by atoms with Crippen LogP contribution in [0.4, 0.5) is 0 Å². The van der Waals surface area contributed by atoms with Crippen molar-refractivity contribution in [2.75, 3.05) is 26.9 Å². The second kappa shape index (κ2) is 8.93. The van der Waals surface area contributed by atoms with Gasteiger partial charge in [0.1, 0.15) is 18.1 Å². The van der Waals surface area contributed by atoms with Crippen LogP contribution in [-0.4, -0.2) is 32.0 Å². The molecule has 0 saturated carbocycles. The largest absolute Gasteiger partial charge is 0.497 e. The highest BCUT2D eigenvalue weighted by Gasteiger charge is 2.29. The molecule has 130 valence electrons. The average Bonchev–Trinajstić information content (AvgIpc) is 2.68. The van der Waals surface area contributed by atoms with Gasteiger partial charge in [0.05, 0.1) is 20.3 Å². The normalized spacial score (nSPS) is 12.7. The second-order valence-electron chi connectivity index (χ2n) is 5.32. The van der Waals surface area contributed by atoms with Crippen LogP contribution in [0.15, 0.2) is 61.2 Å². The van der Waals surface area contributed by atoms with E-state index in [1.165, 1.54) is 0 Å². The number of terminal acetylenes is 1. The number of rotatable bonds is 9. The number of hydrogen-bond donors (Lipinski definition) is 1. The maximum atomic E-state index is 10.9. The minimum absolute atomic E-state index is 0.436. The maximum absolute atomic E-state index is 10.9. The van der Waals surface area contributed by atoms with Crippen molar-refractivity contribution in [2.24, 2.45) is 0 Å². The van der Waals surface area contributed by atoms with Crippen molar-refractivity contribution in [1.29, 1.82) is 0 Å². The van der Waals surface area contributed by atoms with Gasteiger partial charge < -0.3 is 19.3 Å². The van der Waals surface area contributed by atoms with Gasteiger partial charge in [-0.2, -0.15) is 0 Å². The van der Waals surface area contributed by atoms with Crippen molar-refractivity contribution in [3.8, 4) is 23.8 Å². The van der Waals surface area contributed by atoms with Crippen LogP contribution in [0, 0.1) is 12.3 Å². The molecule has 0 bridgehead atoms. The molecule has 0 spiro atoms.